The fraction of sp³-hybridized carbons (Fsp3) is 0.308. The van der Waals surface area contributed by atoms with Crippen LogP contribution in [0.3, 0.4) is 0 Å². The third kappa shape index (κ3) is 4.28. The molecule has 0 aromatic heterocycles. The van der Waals surface area contributed by atoms with E-state index in [1.54, 1.807) is 13.2 Å². The van der Waals surface area contributed by atoms with Gasteiger partial charge in [-0.3, -0.25) is 4.79 Å². The maximum atomic E-state index is 10.3. The van der Waals surface area contributed by atoms with Crippen molar-refractivity contribution in [1.82, 2.24) is 0 Å². The van der Waals surface area contributed by atoms with Crippen LogP contribution in [0.5, 0.6) is 5.75 Å². The van der Waals surface area contributed by atoms with Crippen molar-refractivity contribution < 1.29 is 19.4 Å². The minimum absolute atomic E-state index is 0.00344. The number of carboxylic acid groups (broad SMARTS) is 1. The molecule has 0 saturated carbocycles. The second-order valence-electron chi connectivity index (χ2n) is 3.47. The van der Waals surface area contributed by atoms with E-state index in [0.29, 0.717) is 6.61 Å². The number of carboxylic acids is 1. The minimum Gasteiger partial charge on any atom is -0.496 e. The second kappa shape index (κ2) is 6.70. The van der Waals surface area contributed by atoms with Crippen LogP contribution in [0.15, 0.2) is 24.8 Å². The van der Waals surface area contributed by atoms with Crippen molar-refractivity contribution in [2.75, 3.05) is 13.7 Å². The third-order valence-electron chi connectivity index (χ3n) is 2.26. The van der Waals surface area contributed by atoms with Gasteiger partial charge in [0.25, 0.3) is 0 Å². The van der Waals surface area contributed by atoms with Gasteiger partial charge in [-0.2, -0.15) is 0 Å². The molecule has 0 amide bonds. The predicted octanol–water partition coefficient (Wildman–Crippen LogP) is 2.33. The van der Waals surface area contributed by atoms with Crippen LogP contribution in [-0.2, 0) is 16.1 Å². The van der Waals surface area contributed by atoms with Crippen molar-refractivity contribution in [1.29, 1.82) is 0 Å². The quantitative estimate of drug-likeness (QED) is 0.738. The highest BCUT2D eigenvalue weighted by Crippen LogP contribution is 2.21. The second-order valence-corrected chi connectivity index (χ2v) is 3.47. The van der Waals surface area contributed by atoms with Gasteiger partial charge in [-0.05, 0) is 17.7 Å². The van der Waals surface area contributed by atoms with Gasteiger partial charge in [0, 0.05) is 5.56 Å². The molecular weight excluding hydrogens is 220 g/mol. The van der Waals surface area contributed by atoms with E-state index >= 15 is 0 Å². The summed E-state index contributed by atoms with van der Waals surface area (Å²) < 4.78 is 10.5. The molecule has 0 unspecified atom stereocenters. The highest BCUT2D eigenvalue weighted by molar-refractivity contribution is 5.66. The number of carbonyl (C=O) groups is 1. The van der Waals surface area contributed by atoms with Crippen molar-refractivity contribution >= 4 is 12.0 Å². The van der Waals surface area contributed by atoms with Gasteiger partial charge in [-0.25, -0.2) is 0 Å². The molecule has 0 atom stereocenters. The van der Waals surface area contributed by atoms with E-state index in [1.165, 1.54) is 0 Å². The molecule has 0 heterocycles. The van der Waals surface area contributed by atoms with E-state index in [1.807, 2.05) is 18.2 Å². The fourth-order valence-corrected chi connectivity index (χ4v) is 1.38. The molecule has 0 aliphatic heterocycles. The summed E-state index contributed by atoms with van der Waals surface area (Å²) in [5.74, 6) is -0.136. The number of benzene rings is 1. The minimum atomic E-state index is -0.864. The van der Waals surface area contributed by atoms with E-state index in [4.69, 9.17) is 14.6 Å². The normalized spacial score (nSPS) is 9.94. The van der Waals surface area contributed by atoms with Gasteiger partial charge in [-0.15, -0.1) is 0 Å². The number of aliphatic carboxylic acids is 1. The van der Waals surface area contributed by atoms with Crippen molar-refractivity contribution in [3.8, 4) is 5.75 Å². The predicted molar refractivity (Wildman–Crippen MR) is 65.0 cm³/mol. The Hall–Kier alpha value is -1.81. The number of rotatable bonds is 7. The van der Waals surface area contributed by atoms with Crippen LogP contribution in [0.2, 0.25) is 0 Å². The van der Waals surface area contributed by atoms with E-state index in [-0.39, 0.29) is 13.0 Å². The zero-order valence-corrected chi connectivity index (χ0v) is 9.81. The SMILES string of the molecule is C=Cc1ccc(OC)c(COCCC(=O)O)c1. The summed E-state index contributed by atoms with van der Waals surface area (Å²) in [6.07, 6.45) is 1.74. The largest absolute Gasteiger partial charge is 0.496 e. The van der Waals surface area contributed by atoms with E-state index in [2.05, 4.69) is 6.58 Å². The molecule has 1 aromatic rings. The smallest absolute Gasteiger partial charge is 0.305 e. The number of hydrogen-bond acceptors (Lipinski definition) is 3. The lowest BCUT2D eigenvalue weighted by atomic mass is 10.1. The summed E-state index contributed by atoms with van der Waals surface area (Å²) >= 11 is 0. The first-order chi connectivity index (χ1) is 8.17. The average Bonchev–Trinajstić information content (AvgIpc) is 2.34. The van der Waals surface area contributed by atoms with Crippen LogP contribution in [0, 0.1) is 0 Å². The molecule has 1 N–H and O–H groups in total. The van der Waals surface area contributed by atoms with Gasteiger partial charge >= 0.3 is 5.97 Å². The molecule has 1 rings (SSSR count). The van der Waals surface area contributed by atoms with Crippen molar-refractivity contribution in [2.45, 2.75) is 13.0 Å². The van der Waals surface area contributed by atoms with Gasteiger partial charge in [0.2, 0.25) is 0 Å². The topological polar surface area (TPSA) is 55.8 Å². The molecule has 92 valence electrons. The maximum absolute atomic E-state index is 10.3. The summed E-state index contributed by atoms with van der Waals surface area (Å²) in [5.41, 5.74) is 1.86. The molecule has 0 fully saturated rings. The summed E-state index contributed by atoms with van der Waals surface area (Å²) in [4.78, 5) is 10.3. The van der Waals surface area contributed by atoms with Gasteiger partial charge in [0.15, 0.2) is 0 Å². The lowest BCUT2D eigenvalue weighted by Gasteiger charge is -2.09. The lowest BCUT2D eigenvalue weighted by molar-refractivity contribution is -0.138. The van der Waals surface area contributed by atoms with Crippen LogP contribution in [-0.4, -0.2) is 24.8 Å². The van der Waals surface area contributed by atoms with Crippen molar-refractivity contribution in [2.24, 2.45) is 0 Å². The molecule has 0 spiro atoms. The molecular formula is C13H16O4. The van der Waals surface area contributed by atoms with Crippen LogP contribution in [0.25, 0.3) is 6.08 Å². The molecule has 0 bridgehead atoms. The maximum Gasteiger partial charge on any atom is 0.305 e. The first-order valence-electron chi connectivity index (χ1n) is 5.26. The number of ether oxygens (including phenoxy) is 2. The Morgan fingerprint density at radius 1 is 1.53 bits per heavy atom. The first-order valence-corrected chi connectivity index (χ1v) is 5.26. The molecule has 0 aliphatic rings. The average molecular weight is 236 g/mol. The fourth-order valence-electron chi connectivity index (χ4n) is 1.38. The number of hydrogen-bond donors (Lipinski definition) is 1. The molecule has 1 aromatic carbocycles. The Balaban J connectivity index is 2.61. The van der Waals surface area contributed by atoms with Crippen molar-refractivity contribution in [3.63, 3.8) is 0 Å². The lowest BCUT2D eigenvalue weighted by Crippen LogP contribution is -2.03. The van der Waals surface area contributed by atoms with E-state index in [0.717, 1.165) is 16.9 Å². The van der Waals surface area contributed by atoms with Gasteiger partial charge < -0.3 is 14.6 Å². The first kappa shape index (κ1) is 13.3. The van der Waals surface area contributed by atoms with Gasteiger partial charge in [0.1, 0.15) is 5.75 Å². The Morgan fingerprint density at radius 3 is 2.88 bits per heavy atom. The Bertz CT molecular complexity index is 398. The summed E-state index contributed by atoms with van der Waals surface area (Å²) in [6, 6.07) is 5.64. The van der Waals surface area contributed by atoms with E-state index in [9.17, 15) is 4.79 Å². The number of methoxy groups -OCH3 is 1. The highest BCUT2D eigenvalue weighted by Gasteiger charge is 2.04. The molecule has 4 nitrogen and oxygen atoms in total. The Morgan fingerprint density at radius 2 is 2.29 bits per heavy atom. The zero-order valence-electron chi connectivity index (χ0n) is 9.81. The molecule has 0 aliphatic carbocycles. The molecule has 17 heavy (non-hydrogen) atoms. The van der Waals surface area contributed by atoms with Crippen LogP contribution < -0.4 is 4.74 Å². The van der Waals surface area contributed by atoms with Gasteiger partial charge in [-0.1, -0.05) is 18.7 Å². The summed E-state index contributed by atoms with van der Waals surface area (Å²) in [5, 5.41) is 8.48. The standard InChI is InChI=1S/C13H16O4/c1-3-10-4-5-12(16-2)11(8-10)9-17-7-6-13(14)15/h3-5,8H,1,6-7,9H2,2H3,(H,14,15). The van der Waals surface area contributed by atoms with Crippen molar-refractivity contribution in [3.05, 3.63) is 35.9 Å². The third-order valence-corrected chi connectivity index (χ3v) is 2.26. The summed E-state index contributed by atoms with van der Waals surface area (Å²) in [6.45, 7) is 4.21. The Kier molecular flexibility index (Phi) is 5.23. The monoisotopic (exact) mass is 236 g/mol. The molecule has 4 heteroatoms. The van der Waals surface area contributed by atoms with E-state index < -0.39 is 5.97 Å². The highest BCUT2D eigenvalue weighted by atomic mass is 16.5. The van der Waals surface area contributed by atoms with Crippen LogP contribution >= 0.6 is 0 Å². The Labute approximate surface area is 100 Å². The molecule has 0 saturated heterocycles. The van der Waals surface area contributed by atoms with Gasteiger partial charge in [0.05, 0.1) is 26.7 Å². The molecule has 0 radical (unpaired) electrons. The van der Waals surface area contributed by atoms with Crippen LogP contribution in [0.1, 0.15) is 17.5 Å². The summed E-state index contributed by atoms with van der Waals surface area (Å²) in [7, 11) is 1.59. The van der Waals surface area contributed by atoms with Crippen LogP contribution in [0.4, 0.5) is 0 Å². The zero-order chi connectivity index (χ0) is 12.7.